The molecule has 44 heavy (non-hydrogen) atoms. The Morgan fingerprint density at radius 2 is 0.841 bits per heavy atom. The first kappa shape index (κ1) is 42.7. The fourth-order valence-corrected chi connectivity index (χ4v) is 6.04. The highest BCUT2D eigenvalue weighted by atomic mass is 16.5. The summed E-state index contributed by atoms with van der Waals surface area (Å²) in [5.74, 6) is -0.664. The SMILES string of the molecule is CCCCCCCC/C=C\CCCCCCCCCC(=O)OC(C)CCCCCCCCCCCCCCCCCC(=O)O. The summed E-state index contributed by atoms with van der Waals surface area (Å²) in [6, 6.07) is 0. The van der Waals surface area contributed by atoms with Gasteiger partial charge in [-0.05, 0) is 58.3 Å². The molecular formula is C40H76O4. The number of carboxylic acid groups (broad SMARTS) is 1. The molecule has 0 aliphatic rings. The van der Waals surface area contributed by atoms with Gasteiger partial charge in [0.25, 0.3) is 0 Å². The highest BCUT2D eigenvalue weighted by Gasteiger charge is 2.09. The number of ether oxygens (including phenoxy) is 1. The molecule has 0 heterocycles. The molecular weight excluding hydrogens is 544 g/mol. The van der Waals surface area contributed by atoms with Crippen LogP contribution in [0, 0.1) is 0 Å². The van der Waals surface area contributed by atoms with Crippen molar-refractivity contribution in [2.24, 2.45) is 0 Å². The van der Waals surface area contributed by atoms with Crippen LogP contribution in [0.25, 0.3) is 0 Å². The lowest BCUT2D eigenvalue weighted by molar-refractivity contribution is -0.148. The van der Waals surface area contributed by atoms with Crippen LogP contribution < -0.4 is 0 Å². The zero-order valence-electron chi connectivity index (χ0n) is 29.7. The average molecular weight is 621 g/mol. The molecule has 0 aliphatic carbocycles. The molecule has 0 radical (unpaired) electrons. The molecule has 0 bridgehead atoms. The number of esters is 1. The maximum atomic E-state index is 12.2. The normalized spacial score (nSPS) is 12.2. The second kappa shape index (κ2) is 36.2. The maximum Gasteiger partial charge on any atom is 0.306 e. The number of carbonyl (C=O) groups excluding carboxylic acids is 1. The maximum absolute atomic E-state index is 12.2. The highest BCUT2D eigenvalue weighted by Crippen LogP contribution is 2.16. The largest absolute Gasteiger partial charge is 0.481 e. The van der Waals surface area contributed by atoms with Gasteiger partial charge in [-0.25, -0.2) is 0 Å². The number of allylic oxidation sites excluding steroid dienone is 2. The average Bonchev–Trinajstić information content (AvgIpc) is 3.00. The predicted molar refractivity (Wildman–Crippen MR) is 190 cm³/mol. The molecule has 0 saturated heterocycles. The summed E-state index contributed by atoms with van der Waals surface area (Å²) >= 11 is 0. The lowest BCUT2D eigenvalue weighted by Crippen LogP contribution is -2.14. The Balaban J connectivity index is 3.30. The minimum Gasteiger partial charge on any atom is -0.481 e. The molecule has 4 nitrogen and oxygen atoms in total. The molecule has 0 aromatic heterocycles. The number of unbranched alkanes of at least 4 members (excludes halogenated alkanes) is 27. The van der Waals surface area contributed by atoms with Crippen LogP contribution in [0.3, 0.4) is 0 Å². The molecule has 1 unspecified atom stereocenters. The number of aliphatic carboxylic acids is 1. The zero-order valence-corrected chi connectivity index (χ0v) is 29.7. The molecule has 1 N–H and O–H groups in total. The number of hydrogen-bond acceptors (Lipinski definition) is 3. The van der Waals surface area contributed by atoms with E-state index in [9.17, 15) is 9.59 Å². The van der Waals surface area contributed by atoms with Crippen molar-refractivity contribution in [1.82, 2.24) is 0 Å². The van der Waals surface area contributed by atoms with Gasteiger partial charge < -0.3 is 9.84 Å². The van der Waals surface area contributed by atoms with Crippen molar-refractivity contribution >= 4 is 11.9 Å². The van der Waals surface area contributed by atoms with Crippen LogP contribution in [0.5, 0.6) is 0 Å². The minimum atomic E-state index is -0.665. The van der Waals surface area contributed by atoms with E-state index in [2.05, 4.69) is 26.0 Å². The van der Waals surface area contributed by atoms with Crippen LogP contribution in [0.15, 0.2) is 12.2 Å². The van der Waals surface area contributed by atoms with Crippen molar-refractivity contribution < 1.29 is 19.4 Å². The van der Waals surface area contributed by atoms with Crippen LogP contribution in [0.2, 0.25) is 0 Å². The fourth-order valence-electron chi connectivity index (χ4n) is 6.04. The van der Waals surface area contributed by atoms with Gasteiger partial charge in [0.15, 0.2) is 0 Å². The Labute approximate surface area is 275 Å². The van der Waals surface area contributed by atoms with Gasteiger partial charge in [-0.1, -0.05) is 167 Å². The second-order valence-electron chi connectivity index (χ2n) is 13.6. The first-order valence-corrected chi connectivity index (χ1v) is 19.6. The van der Waals surface area contributed by atoms with Crippen molar-refractivity contribution in [2.75, 3.05) is 0 Å². The summed E-state index contributed by atoms with van der Waals surface area (Å²) < 4.78 is 5.65. The highest BCUT2D eigenvalue weighted by molar-refractivity contribution is 5.69. The Bertz CT molecular complexity index is 629. The van der Waals surface area contributed by atoms with E-state index < -0.39 is 5.97 Å². The number of rotatable bonds is 36. The van der Waals surface area contributed by atoms with Gasteiger partial charge in [0.05, 0.1) is 6.10 Å². The zero-order chi connectivity index (χ0) is 32.2. The molecule has 0 aromatic carbocycles. The van der Waals surface area contributed by atoms with Crippen molar-refractivity contribution in [2.45, 2.75) is 232 Å². The van der Waals surface area contributed by atoms with Crippen LogP contribution in [-0.2, 0) is 14.3 Å². The predicted octanol–water partition coefficient (Wildman–Crippen LogP) is 13.5. The van der Waals surface area contributed by atoms with Gasteiger partial charge in [0, 0.05) is 12.8 Å². The van der Waals surface area contributed by atoms with E-state index in [0.29, 0.717) is 12.8 Å². The van der Waals surface area contributed by atoms with Gasteiger partial charge in [-0.3, -0.25) is 9.59 Å². The third-order valence-corrected chi connectivity index (χ3v) is 8.98. The van der Waals surface area contributed by atoms with Crippen LogP contribution in [-0.4, -0.2) is 23.1 Å². The monoisotopic (exact) mass is 621 g/mol. The molecule has 0 rings (SSSR count). The number of hydrogen-bond donors (Lipinski definition) is 1. The first-order chi connectivity index (χ1) is 21.6. The van der Waals surface area contributed by atoms with E-state index in [1.807, 2.05) is 0 Å². The topological polar surface area (TPSA) is 63.6 Å². The summed E-state index contributed by atoms with van der Waals surface area (Å²) in [4.78, 5) is 22.6. The Kier molecular flexibility index (Phi) is 35.1. The third-order valence-electron chi connectivity index (χ3n) is 8.98. The van der Waals surface area contributed by atoms with Gasteiger partial charge in [-0.2, -0.15) is 0 Å². The van der Waals surface area contributed by atoms with E-state index in [1.165, 1.54) is 167 Å². The quantitative estimate of drug-likeness (QED) is 0.0430. The van der Waals surface area contributed by atoms with Crippen molar-refractivity contribution in [3.05, 3.63) is 12.2 Å². The molecule has 260 valence electrons. The molecule has 0 aliphatic heterocycles. The van der Waals surface area contributed by atoms with Crippen molar-refractivity contribution in [3.63, 3.8) is 0 Å². The van der Waals surface area contributed by atoms with E-state index in [0.717, 1.165) is 32.1 Å². The van der Waals surface area contributed by atoms with Gasteiger partial charge in [-0.15, -0.1) is 0 Å². The van der Waals surface area contributed by atoms with Crippen molar-refractivity contribution in [1.29, 1.82) is 0 Å². The molecule has 4 heteroatoms. The Morgan fingerprint density at radius 1 is 0.500 bits per heavy atom. The molecule has 1 atom stereocenters. The Morgan fingerprint density at radius 3 is 1.25 bits per heavy atom. The second-order valence-corrected chi connectivity index (χ2v) is 13.6. The van der Waals surface area contributed by atoms with Gasteiger partial charge >= 0.3 is 11.9 Å². The van der Waals surface area contributed by atoms with Crippen LogP contribution in [0.1, 0.15) is 226 Å². The summed E-state index contributed by atoms with van der Waals surface area (Å²) in [5, 5.41) is 8.64. The Hall–Kier alpha value is -1.32. The standard InChI is InChI=1S/C40H76O4/c1-3-4-5-6-7-8-9-10-11-12-16-19-22-25-28-31-34-37-40(43)44-38(2)35-32-29-26-23-20-17-14-13-15-18-21-24-27-30-33-36-39(41)42/h10-11,38H,3-9,12-37H2,1-2H3,(H,41,42)/b11-10-. The molecule has 0 aromatic rings. The first-order valence-electron chi connectivity index (χ1n) is 19.6. The minimum absolute atomic E-state index is 0.000913. The summed E-state index contributed by atoms with van der Waals surface area (Å²) in [5.41, 5.74) is 0. The fraction of sp³-hybridized carbons (Fsp3) is 0.900. The molecule has 0 fully saturated rings. The van der Waals surface area contributed by atoms with E-state index >= 15 is 0 Å². The summed E-state index contributed by atoms with van der Waals surface area (Å²) in [7, 11) is 0. The third kappa shape index (κ3) is 36.9. The molecule has 0 amide bonds. The van der Waals surface area contributed by atoms with Gasteiger partial charge in [0.1, 0.15) is 0 Å². The number of carboxylic acids is 1. The summed E-state index contributed by atoms with van der Waals surface area (Å²) in [6.07, 6.45) is 45.1. The lowest BCUT2D eigenvalue weighted by atomic mass is 10.0. The van der Waals surface area contributed by atoms with Gasteiger partial charge in [0.2, 0.25) is 0 Å². The van der Waals surface area contributed by atoms with Crippen LogP contribution in [0.4, 0.5) is 0 Å². The van der Waals surface area contributed by atoms with E-state index in [-0.39, 0.29) is 12.1 Å². The molecule has 0 spiro atoms. The van der Waals surface area contributed by atoms with Crippen molar-refractivity contribution in [3.8, 4) is 0 Å². The van der Waals surface area contributed by atoms with E-state index in [4.69, 9.17) is 9.84 Å². The lowest BCUT2D eigenvalue weighted by Gasteiger charge is -2.13. The smallest absolute Gasteiger partial charge is 0.306 e. The van der Waals surface area contributed by atoms with Crippen LogP contribution >= 0.6 is 0 Å². The van der Waals surface area contributed by atoms with E-state index in [1.54, 1.807) is 0 Å². The number of carbonyl (C=O) groups is 2. The summed E-state index contributed by atoms with van der Waals surface area (Å²) in [6.45, 7) is 4.33. The molecule has 0 saturated carbocycles.